The Hall–Kier alpha value is -4.57. The number of aliphatic imine (C=N–C) groups is 1. The van der Waals surface area contributed by atoms with Gasteiger partial charge in [-0.05, 0) is 62.0 Å². The van der Waals surface area contributed by atoms with Gasteiger partial charge in [-0.2, -0.15) is 4.98 Å². The molecule has 10 heteroatoms. The van der Waals surface area contributed by atoms with Crippen molar-refractivity contribution in [2.75, 3.05) is 60.7 Å². The van der Waals surface area contributed by atoms with Crippen molar-refractivity contribution in [2.24, 2.45) is 4.99 Å². The van der Waals surface area contributed by atoms with Crippen LogP contribution in [-0.4, -0.2) is 73.6 Å². The molecule has 10 nitrogen and oxygen atoms in total. The number of nitrogens with one attached hydrogen (secondary N) is 2. The molecular formula is C28H32N8O2. The Morgan fingerprint density at radius 3 is 2.63 bits per heavy atom. The first-order chi connectivity index (χ1) is 18.4. The Morgan fingerprint density at radius 2 is 1.92 bits per heavy atom. The van der Waals surface area contributed by atoms with Gasteiger partial charge in [0.25, 0.3) is 0 Å². The Bertz CT molecular complexity index is 1350. The van der Waals surface area contributed by atoms with Crippen LogP contribution in [0.5, 0.6) is 0 Å². The summed E-state index contributed by atoms with van der Waals surface area (Å²) in [7, 11) is 3.98. The molecule has 0 radical (unpaired) electrons. The molecule has 1 saturated heterocycles. The van der Waals surface area contributed by atoms with E-state index in [1.165, 1.54) is 17.3 Å². The molecule has 1 amide bonds. The molecule has 4 rings (SSSR count). The van der Waals surface area contributed by atoms with Gasteiger partial charge in [0.05, 0.1) is 12.4 Å². The zero-order valence-corrected chi connectivity index (χ0v) is 21.9. The molecule has 1 fully saturated rings. The number of benzene rings is 2. The summed E-state index contributed by atoms with van der Waals surface area (Å²) in [5, 5.41) is 6.05. The number of carbonyl (C=O) groups is 2. The van der Waals surface area contributed by atoms with Crippen molar-refractivity contribution in [1.82, 2.24) is 14.9 Å². The summed E-state index contributed by atoms with van der Waals surface area (Å²) in [5.74, 6) is 0.571. The van der Waals surface area contributed by atoms with Crippen molar-refractivity contribution < 1.29 is 9.59 Å². The van der Waals surface area contributed by atoms with E-state index in [4.69, 9.17) is 4.98 Å². The monoisotopic (exact) mass is 512 g/mol. The number of aldehydes is 1. The van der Waals surface area contributed by atoms with Crippen LogP contribution >= 0.6 is 0 Å². The molecule has 2 aromatic carbocycles. The Labute approximate surface area is 222 Å². The Balaban J connectivity index is 1.59. The van der Waals surface area contributed by atoms with Crippen molar-refractivity contribution in [3.63, 3.8) is 0 Å². The lowest BCUT2D eigenvalue weighted by Gasteiger charge is -2.35. The highest BCUT2D eigenvalue weighted by molar-refractivity contribution is 6.14. The second-order valence-corrected chi connectivity index (χ2v) is 9.04. The quantitative estimate of drug-likeness (QED) is 0.251. The molecule has 196 valence electrons. The predicted octanol–water partition coefficient (Wildman–Crippen LogP) is 4.07. The zero-order chi connectivity index (χ0) is 27.1. The second kappa shape index (κ2) is 12.1. The summed E-state index contributed by atoms with van der Waals surface area (Å²) >= 11 is 0. The number of likely N-dealkylation sites (N-methyl/N-ethyl adjacent to an activating group) is 1. The Kier molecular flexibility index (Phi) is 8.44. The molecule has 0 aliphatic carbocycles. The molecule has 2 heterocycles. The third-order valence-electron chi connectivity index (χ3n) is 6.33. The van der Waals surface area contributed by atoms with E-state index < -0.39 is 0 Å². The van der Waals surface area contributed by atoms with Crippen LogP contribution < -0.4 is 20.4 Å². The van der Waals surface area contributed by atoms with Crippen LogP contribution in [0.2, 0.25) is 0 Å². The van der Waals surface area contributed by atoms with Crippen LogP contribution in [0.15, 0.2) is 66.3 Å². The molecule has 0 unspecified atom stereocenters. The predicted molar refractivity (Wildman–Crippen MR) is 154 cm³/mol. The second-order valence-electron chi connectivity index (χ2n) is 9.04. The topological polar surface area (TPSA) is 106 Å². The van der Waals surface area contributed by atoms with E-state index in [1.54, 1.807) is 12.3 Å². The van der Waals surface area contributed by atoms with Crippen molar-refractivity contribution in [2.45, 2.75) is 6.92 Å². The Morgan fingerprint density at radius 1 is 1.13 bits per heavy atom. The molecule has 0 atom stereocenters. The molecule has 0 spiro atoms. The van der Waals surface area contributed by atoms with Gasteiger partial charge in [0, 0.05) is 56.0 Å². The minimum absolute atomic E-state index is 0.302. The van der Waals surface area contributed by atoms with E-state index >= 15 is 0 Å². The molecule has 0 saturated carbocycles. The summed E-state index contributed by atoms with van der Waals surface area (Å²) in [4.78, 5) is 42.6. The summed E-state index contributed by atoms with van der Waals surface area (Å²) < 4.78 is 0. The van der Waals surface area contributed by atoms with Crippen molar-refractivity contribution in [3.05, 3.63) is 66.9 Å². The smallest absolute Gasteiger partial charge is 0.247 e. The number of amides is 1. The summed E-state index contributed by atoms with van der Waals surface area (Å²) in [6.07, 6.45) is 4.54. The van der Waals surface area contributed by atoms with Gasteiger partial charge in [0.1, 0.15) is 5.69 Å². The van der Waals surface area contributed by atoms with Crippen molar-refractivity contribution in [3.8, 4) is 0 Å². The average Bonchev–Trinajstić information content (AvgIpc) is 2.92. The lowest BCUT2D eigenvalue weighted by molar-refractivity contribution is -0.111. The molecular weight excluding hydrogens is 480 g/mol. The van der Waals surface area contributed by atoms with Crippen molar-refractivity contribution in [1.29, 1.82) is 0 Å². The van der Waals surface area contributed by atoms with Gasteiger partial charge in [-0.25, -0.2) is 9.98 Å². The van der Waals surface area contributed by atoms with Crippen LogP contribution in [0.1, 0.15) is 5.56 Å². The molecule has 1 aliphatic heterocycles. The van der Waals surface area contributed by atoms with Crippen LogP contribution in [0.3, 0.4) is 0 Å². The highest BCUT2D eigenvalue weighted by Crippen LogP contribution is 2.33. The number of piperazine rings is 1. The van der Waals surface area contributed by atoms with Gasteiger partial charge in [0.2, 0.25) is 11.9 Å². The molecule has 1 aromatic heterocycles. The van der Waals surface area contributed by atoms with E-state index in [1.807, 2.05) is 36.2 Å². The maximum atomic E-state index is 11.7. The standard InChI is InChI=1S/C28H32N8O2/c1-5-26(38)31-21-7-6-8-23(18-21)35(4)27-24(29-11-16-37)19-30-28(33-27)32-22-9-10-25(20(2)17-22)36-14-12-34(3)13-15-36/h5-11,16-19H,1,12-15H2,2-4H3,(H,31,38)(H,30,32,33). The lowest BCUT2D eigenvalue weighted by Crippen LogP contribution is -2.44. The number of aryl methyl sites for hydroxylation is 1. The number of aromatic nitrogens is 2. The third kappa shape index (κ3) is 6.40. The fourth-order valence-electron chi connectivity index (χ4n) is 4.25. The summed E-state index contributed by atoms with van der Waals surface area (Å²) in [6, 6.07) is 13.5. The first-order valence-electron chi connectivity index (χ1n) is 12.3. The van der Waals surface area contributed by atoms with E-state index in [0.717, 1.165) is 43.8 Å². The highest BCUT2D eigenvalue weighted by Gasteiger charge is 2.17. The zero-order valence-electron chi connectivity index (χ0n) is 21.9. The van der Waals surface area contributed by atoms with Crippen LogP contribution in [-0.2, 0) is 9.59 Å². The maximum Gasteiger partial charge on any atom is 0.247 e. The van der Waals surface area contributed by atoms with Gasteiger partial charge < -0.3 is 25.3 Å². The van der Waals surface area contributed by atoms with E-state index in [2.05, 4.69) is 63.1 Å². The first-order valence-corrected chi connectivity index (χ1v) is 12.3. The number of hydrogen-bond donors (Lipinski definition) is 2. The number of carbonyl (C=O) groups excluding carboxylic acids is 2. The van der Waals surface area contributed by atoms with Gasteiger partial charge in [-0.3, -0.25) is 9.59 Å². The molecule has 0 bridgehead atoms. The minimum atomic E-state index is -0.302. The van der Waals surface area contributed by atoms with Crippen LogP contribution in [0.25, 0.3) is 0 Å². The maximum absolute atomic E-state index is 11.7. The number of hydrogen-bond acceptors (Lipinski definition) is 9. The third-order valence-corrected chi connectivity index (χ3v) is 6.33. The van der Waals surface area contributed by atoms with Gasteiger partial charge in [-0.15, -0.1) is 0 Å². The minimum Gasteiger partial charge on any atom is -0.369 e. The lowest BCUT2D eigenvalue weighted by atomic mass is 10.1. The normalized spacial score (nSPS) is 13.8. The first kappa shape index (κ1) is 26.5. The fourth-order valence-corrected chi connectivity index (χ4v) is 4.25. The molecule has 3 aromatic rings. The fraction of sp³-hybridized carbons (Fsp3) is 0.250. The number of anilines is 6. The molecule has 1 aliphatic rings. The van der Waals surface area contributed by atoms with Crippen molar-refractivity contribution >= 4 is 58.6 Å². The summed E-state index contributed by atoms with van der Waals surface area (Å²) in [6.45, 7) is 9.70. The van der Waals surface area contributed by atoms with Crippen LogP contribution in [0, 0.1) is 6.92 Å². The van der Waals surface area contributed by atoms with E-state index in [-0.39, 0.29) is 5.91 Å². The molecule has 38 heavy (non-hydrogen) atoms. The van der Waals surface area contributed by atoms with E-state index in [9.17, 15) is 9.59 Å². The van der Waals surface area contributed by atoms with Gasteiger partial charge in [0.15, 0.2) is 12.1 Å². The summed E-state index contributed by atoms with van der Waals surface area (Å²) in [5.41, 5.74) is 5.06. The van der Waals surface area contributed by atoms with Gasteiger partial charge >= 0.3 is 0 Å². The van der Waals surface area contributed by atoms with E-state index in [0.29, 0.717) is 29.4 Å². The number of nitrogens with zero attached hydrogens (tertiary/aromatic N) is 6. The van der Waals surface area contributed by atoms with Gasteiger partial charge in [-0.1, -0.05) is 12.6 Å². The largest absolute Gasteiger partial charge is 0.369 e. The van der Waals surface area contributed by atoms with Crippen LogP contribution in [0.4, 0.5) is 40.2 Å². The average molecular weight is 513 g/mol. The SMILES string of the molecule is C=CC(=O)Nc1cccc(N(C)c2nc(Nc3ccc(N4CCN(C)CC4)c(C)c3)ncc2N=CC=O)c1. The highest BCUT2D eigenvalue weighted by atomic mass is 16.1. The number of rotatable bonds is 9. The molecule has 2 N–H and O–H groups in total.